The third-order valence-electron chi connectivity index (χ3n) is 5.45. The van der Waals surface area contributed by atoms with Gasteiger partial charge in [-0.3, -0.25) is 0 Å². The Morgan fingerprint density at radius 1 is 1.15 bits per heavy atom. The SMILES string of the molecule is COc1ccc2c(c1)c(CC#N)cn2CC(I)(NS(=O)(=O)c1c(C)cc(C)cc1C)C(F)(F)F. The Bertz CT molecular complexity index is 1370. The first-order valence-electron chi connectivity index (χ1n) is 10.1. The average Bonchev–Trinajstić information content (AvgIpc) is 3.02. The van der Waals surface area contributed by atoms with E-state index in [2.05, 4.69) is 0 Å². The van der Waals surface area contributed by atoms with Crippen molar-refractivity contribution in [2.45, 2.75) is 48.4 Å². The van der Waals surface area contributed by atoms with Crippen molar-refractivity contribution in [2.24, 2.45) is 0 Å². The molecule has 6 nitrogen and oxygen atoms in total. The number of hydrogen-bond donors (Lipinski definition) is 1. The largest absolute Gasteiger partial charge is 0.497 e. The minimum atomic E-state index is -4.93. The molecule has 1 unspecified atom stereocenters. The number of benzene rings is 2. The Morgan fingerprint density at radius 3 is 2.29 bits per heavy atom. The van der Waals surface area contributed by atoms with Crippen LogP contribution in [0.2, 0.25) is 0 Å². The predicted octanol–water partition coefficient (Wildman–Crippen LogP) is 5.31. The highest BCUT2D eigenvalue weighted by atomic mass is 127. The zero-order valence-corrected chi connectivity index (χ0v) is 21.9. The second-order valence-electron chi connectivity index (χ2n) is 8.13. The van der Waals surface area contributed by atoms with Crippen LogP contribution in [0.1, 0.15) is 22.3 Å². The van der Waals surface area contributed by atoms with Gasteiger partial charge in [-0.1, -0.05) is 17.7 Å². The van der Waals surface area contributed by atoms with Crippen LogP contribution in [0, 0.1) is 32.1 Å². The van der Waals surface area contributed by atoms with Crippen LogP contribution in [0.4, 0.5) is 13.2 Å². The molecule has 182 valence electrons. The third-order valence-corrected chi connectivity index (χ3v) is 8.83. The number of sulfonamides is 1. The molecular weight excluding hydrogens is 582 g/mol. The standard InChI is InChI=1S/C23H23F3IN3O3S/c1-14-9-15(2)21(16(3)10-14)34(31,32)29-22(27,23(24,25)26)13-30-12-17(7-8-28)19-11-18(33-4)5-6-20(19)30/h5-6,9-12,29H,7,13H2,1-4H3. The molecule has 0 fully saturated rings. The number of fused-ring (bicyclic) bond motifs is 1. The molecule has 1 heterocycles. The third kappa shape index (κ3) is 5.04. The molecule has 0 amide bonds. The maximum Gasteiger partial charge on any atom is 0.418 e. The zero-order chi connectivity index (χ0) is 25.5. The van der Waals surface area contributed by atoms with E-state index in [1.165, 1.54) is 17.9 Å². The van der Waals surface area contributed by atoms with Crippen LogP contribution in [0.5, 0.6) is 5.75 Å². The van der Waals surface area contributed by atoms with Gasteiger partial charge in [-0.05, 0) is 78.3 Å². The number of aromatic nitrogens is 1. The van der Waals surface area contributed by atoms with Crippen molar-refractivity contribution in [2.75, 3.05) is 7.11 Å². The maximum atomic E-state index is 14.4. The quantitative estimate of drug-likeness (QED) is 0.225. The molecule has 1 N–H and O–H groups in total. The first-order valence-corrected chi connectivity index (χ1v) is 12.7. The number of ether oxygens (including phenoxy) is 1. The summed E-state index contributed by atoms with van der Waals surface area (Å²) < 4.78 is 75.1. The number of aryl methyl sites for hydroxylation is 3. The van der Waals surface area contributed by atoms with E-state index in [4.69, 9.17) is 10.00 Å². The van der Waals surface area contributed by atoms with E-state index in [1.54, 1.807) is 51.1 Å². The van der Waals surface area contributed by atoms with Crippen molar-refractivity contribution in [3.8, 4) is 11.8 Å². The second kappa shape index (κ2) is 9.39. The molecule has 3 aromatic rings. The monoisotopic (exact) mass is 605 g/mol. The molecule has 3 rings (SSSR count). The molecule has 11 heteroatoms. The lowest BCUT2D eigenvalue weighted by atomic mass is 10.1. The molecule has 1 aromatic heterocycles. The molecule has 2 aromatic carbocycles. The summed E-state index contributed by atoms with van der Waals surface area (Å²) in [6.07, 6.45) is -3.50. The fraction of sp³-hybridized carbons (Fsp3) is 0.348. The van der Waals surface area contributed by atoms with Gasteiger partial charge >= 0.3 is 6.18 Å². The van der Waals surface area contributed by atoms with Gasteiger partial charge in [0.25, 0.3) is 0 Å². The van der Waals surface area contributed by atoms with Gasteiger partial charge < -0.3 is 9.30 Å². The Kier molecular flexibility index (Phi) is 7.27. The van der Waals surface area contributed by atoms with Crippen LogP contribution in [-0.4, -0.2) is 29.8 Å². The lowest BCUT2D eigenvalue weighted by Crippen LogP contribution is -2.56. The Hall–Kier alpha value is -2.30. The summed E-state index contributed by atoms with van der Waals surface area (Å²) in [7, 11) is -3.07. The molecular formula is C23H23F3IN3O3S. The minimum Gasteiger partial charge on any atom is -0.497 e. The van der Waals surface area contributed by atoms with E-state index >= 15 is 0 Å². The van der Waals surface area contributed by atoms with Gasteiger partial charge in [0.05, 0.1) is 31.0 Å². The van der Waals surface area contributed by atoms with Gasteiger partial charge in [-0.25, -0.2) is 8.42 Å². The summed E-state index contributed by atoms with van der Waals surface area (Å²) in [5.74, 6) is 0.493. The number of hydrogen-bond acceptors (Lipinski definition) is 4. The van der Waals surface area contributed by atoms with Crippen molar-refractivity contribution in [3.63, 3.8) is 0 Å². The highest BCUT2D eigenvalue weighted by Crippen LogP contribution is 2.41. The zero-order valence-electron chi connectivity index (χ0n) is 18.9. The van der Waals surface area contributed by atoms with Crippen molar-refractivity contribution in [1.29, 1.82) is 5.26 Å². The number of nitrogens with zero attached hydrogens (tertiary/aromatic N) is 2. The van der Waals surface area contributed by atoms with Gasteiger partial charge in [-0.15, -0.1) is 0 Å². The van der Waals surface area contributed by atoms with Crippen molar-refractivity contribution in [1.82, 2.24) is 9.29 Å². The molecule has 1 atom stereocenters. The number of halogens is 4. The van der Waals surface area contributed by atoms with Gasteiger partial charge in [-0.2, -0.15) is 23.2 Å². The Morgan fingerprint density at radius 2 is 1.76 bits per heavy atom. The van der Waals surface area contributed by atoms with E-state index < -0.39 is 26.3 Å². The fourth-order valence-electron chi connectivity index (χ4n) is 4.10. The predicted molar refractivity (Wildman–Crippen MR) is 132 cm³/mol. The molecule has 0 aliphatic rings. The molecule has 34 heavy (non-hydrogen) atoms. The van der Waals surface area contributed by atoms with Crippen LogP contribution in [0.3, 0.4) is 0 Å². The molecule has 0 radical (unpaired) electrons. The molecule has 0 saturated carbocycles. The summed E-state index contributed by atoms with van der Waals surface area (Å²) in [5.41, 5.74) is 2.48. The van der Waals surface area contributed by atoms with Crippen LogP contribution in [0.15, 0.2) is 41.4 Å². The molecule has 0 saturated heterocycles. The van der Waals surface area contributed by atoms with E-state index in [0.29, 0.717) is 33.3 Å². The van der Waals surface area contributed by atoms with Gasteiger partial charge in [0.15, 0.2) is 3.55 Å². The lowest BCUT2D eigenvalue weighted by molar-refractivity contribution is -0.159. The normalized spacial score (nSPS) is 14.1. The number of nitrogens with one attached hydrogen (secondary N) is 1. The number of methoxy groups -OCH3 is 1. The Labute approximate surface area is 209 Å². The van der Waals surface area contributed by atoms with E-state index in [9.17, 15) is 21.6 Å². The number of nitriles is 1. The maximum absolute atomic E-state index is 14.4. The highest BCUT2D eigenvalue weighted by molar-refractivity contribution is 14.1. The fourth-order valence-corrected chi connectivity index (χ4v) is 7.01. The molecule has 0 aliphatic carbocycles. The van der Waals surface area contributed by atoms with Crippen molar-refractivity contribution >= 4 is 43.5 Å². The minimum absolute atomic E-state index is 0.0234. The average molecular weight is 605 g/mol. The van der Waals surface area contributed by atoms with Crippen molar-refractivity contribution < 1.29 is 26.3 Å². The van der Waals surface area contributed by atoms with Gasteiger partial charge in [0.1, 0.15) is 5.75 Å². The summed E-state index contributed by atoms with van der Waals surface area (Å²) in [5, 5.41) is 9.73. The first-order chi connectivity index (χ1) is 15.7. The van der Waals surface area contributed by atoms with E-state index in [1.807, 2.05) is 10.8 Å². The first kappa shape index (κ1) is 26.3. The molecule has 0 spiro atoms. The van der Waals surface area contributed by atoms with E-state index in [0.717, 1.165) is 28.2 Å². The number of alkyl halides is 4. The van der Waals surface area contributed by atoms with Crippen molar-refractivity contribution in [3.05, 3.63) is 58.8 Å². The van der Waals surface area contributed by atoms with Crippen LogP contribution < -0.4 is 9.46 Å². The second-order valence-corrected chi connectivity index (χ2v) is 11.6. The number of rotatable bonds is 7. The van der Waals surface area contributed by atoms with Crippen LogP contribution in [0.25, 0.3) is 10.9 Å². The summed E-state index contributed by atoms with van der Waals surface area (Å²) in [4.78, 5) is -0.171. The molecule has 0 bridgehead atoms. The summed E-state index contributed by atoms with van der Waals surface area (Å²) in [6, 6.07) is 10.1. The summed E-state index contributed by atoms with van der Waals surface area (Å²) in [6.45, 7) is 4.15. The van der Waals surface area contributed by atoms with Crippen LogP contribution >= 0.6 is 22.6 Å². The van der Waals surface area contributed by atoms with Gasteiger partial charge in [0.2, 0.25) is 10.0 Å². The highest BCUT2D eigenvalue weighted by Gasteiger charge is 2.56. The molecule has 0 aliphatic heterocycles. The Balaban J connectivity index is 2.12. The smallest absolute Gasteiger partial charge is 0.418 e. The lowest BCUT2D eigenvalue weighted by Gasteiger charge is -2.32. The van der Waals surface area contributed by atoms with Crippen LogP contribution in [-0.2, 0) is 23.0 Å². The van der Waals surface area contributed by atoms with E-state index in [-0.39, 0.29) is 11.3 Å². The topological polar surface area (TPSA) is 84.1 Å². The van der Waals surface area contributed by atoms with Gasteiger partial charge in [0, 0.05) is 17.1 Å². The summed E-state index contributed by atoms with van der Waals surface area (Å²) >= 11 is 1.12.